The van der Waals surface area contributed by atoms with E-state index in [1.807, 2.05) is 11.9 Å². The molecule has 1 aliphatic rings. The Bertz CT molecular complexity index is 501. The Kier molecular flexibility index (Phi) is 5.69. The summed E-state index contributed by atoms with van der Waals surface area (Å²) < 4.78 is 4.89. The molecular formula is C14H21N3O3S. The van der Waals surface area contributed by atoms with E-state index in [0.29, 0.717) is 18.2 Å². The summed E-state index contributed by atoms with van der Waals surface area (Å²) in [5.41, 5.74) is 0.341. The lowest BCUT2D eigenvalue weighted by Crippen LogP contribution is -2.42. The first-order valence-corrected chi connectivity index (χ1v) is 8.10. The van der Waals surface area contributed by atoms with E-state index >= 15 is 0 Å². The molecule has 1 amide bonds. The molecule has 0 saturated carbocycles. The van der Waals surface area contributed by atoms with Crippen molar-refractivity contribution in [1.82, 2.24) is 15.2 Å². The van der Waals surface area contributed by atoms with E-state index in [0.717, 1.165) is 43.8 Å². The number of carbonyl (C=O) groups is 2. The van der Waals surface area contributed by atoms with E-state index in [4.69, 9.17) is 4.74 Å². The van der Waals surface area contributed by atoms with Crippen molar-refractivity contribution in [3.8, 4) is 0 Å². The molecule has 21 heavy (non-hydrogen) atoms. The van der Waals surface area contributed by atoms with E-state index < -0.39 is 5.97 Å². The average molecular weight is 311 g/mol. The Hall–Kier alpha value is -1.47. The molecule has 1 aromatic rings. The van der Waals surface area contributed by atoms with Crippen LogP contribution in [0.5, 0.6) is 0 Å². The third-order valence-corrected chi connectivity index (χ3v) is 4.29. The van der Waals surface area contributed by atoms with Crippen LogP contribution in [-0.4, -0.2) is 55.0 Å². The molecule has 2 rings (SSSR count). The van der Waals surface area contributed by atoms with Crippen molar-refractivity contribution < 1.29 is 14.3 Å². The predicted molar refractivity (Wildman–Crippen MR) is 80.6 cm³/mol. The summed E-state index contributed by atoms with van der Waals surface area (Å²) in [6.07, 6.45) is 2.14. The Morgan fingerprint density at radius 1 is 1.57 bits per heavy atom. The van der Waals surface area contributed by atoms with Crippen molar-refractivity contribution in [3.63, 3.8) is 0 Å². The second kappa shape index (κ2) is 7.51. The molecule has 0 spiro atoms. The maximum Gasteiger partial charge on any atom is 0.367 e. The summed E-state index contributed by atoms with van der Waals surface area (Å²) in [5, 5.41) is 5.03. The number of rotatable bonds is 5. The number of likely N-dealkylation sites (tertiary alicyclic amines) is 1. The largest absolute Gasteiger partial charge is 0.461 e. The van der Waals surface area contributed by atoms with Gasteiger partial charge >= 0.3 is 5.97 Å². The minimum absolute atomic E-state index is 0.0948. The molecule has 0 aromatic carbocycles. The molecule has 1 N–H and O–H groups in total. The van der Waals surface area contributed by atoms with E-state index in [1.165, 1.54) is 0 Å². The molecule has 1 saturated heterocycles. The molecule has 116 valence electrons. The van der Waals surface area contributed by atoms with Gasteiger partial charge in [0.15, 0.2) is 0 Å². The van der Waals surface area contributed by atoms with Gasteiger partial charge in [0.1, 0.15) is 5.69 Å². The van der Waals surface area contributed by atoms with Crippen molar-refractivity contribution in [3.05, 3.63) is 16.1 Å². The summed E-state index contributed by atoms with van der Waals surface area (Å²) in [5.74, 6) is -0.0771. The Balaban J connectivity index is 2.01. The van der Waals surface area contributed by atoms with Crippen LogP contribution in [0.1, 0.15) is 40.1 Å². The fourth-order valence-electron chi connectivity index (χ4n) is 2.53. The molecule has 0 aliphatic carbocycles. The normalized spacial score (nSPS) is 18.6. The molecule has 1 aromatic heterocycles. The monoisotopic (exact) mass is 311 g/mol. The van der Waals surface area contributed by atoms with Gasteiger partial charge in [-0.15, -0.1) is 11.3 Å². The number of carbonyl (C=O) groups excluding carboxylic acids is 2. The summed E-state index contributed by atoms with van der Waals surface area (Å²) >= 11 is 1.16. The lowest BCUT2D eigenvalue weighted by atomic mass is 9.98. The van der Waals surface area contributed by atoms with Crippen LogP contribution in [0.25, 0.3) is 0 Å². The molecule has 1 atom stereocenters. The van der Waals surface area contributed by atoms with Crippen LogP contribution in [0.3, 0.4) is 0 Å². The van der Waals surface area contributed by atoms with Crippen molar-refractivity contribution in [2.45, 2.75) is 19.8 Å². The summed E-state index contributed by atoms with van der Waals surface area (Å²) in [7, 11) is 1.92. The number of ether oxygens (including phenoxy) is 1. The van der Waals surface area contributed by atoms with Gasteiger partial charge in [-0.05, 0) is 39.3 Å². The van der Waals surface area contributed by atoms with Gasteiger partial charge in [-0.1, -0.05) is 0 Å². The smallest absolute Gasteiger partial charge is 0.367 e. The molecule has 6 nitrogen and oxygen atoms in total. The minimum Gasteiger partial charge on any atom is -0.461 e. The number of esters is 1. The molecule has 0 radical (unpaired) electrons. The average Bonchev–Trinajstić information content (AvgIpc) is 2.97. The zero-order valence-electron chi connectivity index (χ0n) is 12.4. The van der Waals surface area contributed by atoms with E-state index in [9.17, 15) is 9.59 Å². The number of hydrogen-bond acceptors (Lipinski definition) is 6. The van der Waals surface area contributed by atoms with E-state index in [1.54, 1.807) is 12.3 Å². The van der Waals surface area contributed by atoms with Gasteiger partial charge < -0.3 is 15.0 Å². The fourth-order valence-corrected chi connectivity index (χ4v) is 3.21. The molecule has 7 heteroatoms. The number of amides is 1. The fraction of sp³-hybridized carbons (Fsp3) is 0.643. The minimum atomic E-state index is -0.465. The van der Waals surface area contributed by atoms with Gasteiger partial charge in [-0.2, -0.15) is 0 Å². The first-order chi connectivity index (χ1) is 10.2. The van der Waals surface area contributed by atoms with Gasteiger partial charge in [0.05, 0.1) is 6.61 Å². The summed E-state index contributed by atoms with van der Waals surface area (Å²) in [4.78, 5) is 30.0. The van der Waals surface area contributed by atoms with Crippen molar-refractivity contribution in [1.29, 1.82) is 0 Å². The van der Waals surface area contributed by atoms with E-state index in [-0.39, 0.29) is 10.9 Å². The van der Waals surface area contributed by atoms with Crippen LogP contribution in [0.4, 0.5) is 0 Å². The number of aromatic nitrogens is 1. The third kappa shape index (κ3) is 4.01. The van der Waals surface area contributed by atoms with Gasteiger partial charge in [0, 0.05) is 18.5 Å². The highest BCUT2D eigenvalue weighted by Gasteiger charge is 2.26. The number of nitrogens with one attached hydrogen (secondary N) is 1. The molecule has 2 heterocycles. The lowest BCUT2D eigenvalue weighted by Gasteiger charge is -2.32. The molecule has 1 unspecified atom stereocenters. The topological polar surface area (TPSA) is 71.5 Å². The SMILES string of the molecule is CCOC(=O)c1nc(C(=O)N2CCCC(CNC)C2)cs1. The van der Waals surface area contributed by atoms with Crippen molar-refractivity contribution in [2.24, 2.45) is 5.92 Å². The highest BCUT2D eigenvalue weighted by atomic mass is 32.1. The van der Waals surface area contributed by atoms with Crippen LogP contribution in [0, 0.1) is 5.92 Å². The Morgan fingerprint density at radius 3 is 3.10 bits per heavy atom. The maximum atomic E-state index is 12.4. The quantitative estimate of drug-likeness (QED) is 0.832. The second-order valence-corrected chi connectivity index (χ2v) is 5.93. The molecule has 1 aliphatic heterocycles. The first kappa shape index (κ1) is 15.9. The Labute approximate surface area is 128 Å². The van der Waals surface area contributed by atoms with Crippen molar-refractivity contribution in [2.75, 3.05) is 33.3 Å². The van der Waals surface area contributed by atoms with Crippen LogP contribution >= 0.6 is 11.3 Å². The van der Waals surface area contributed by atoms with E-state index in [2.05, 4.69) is 10.3 Å². The molecule has 1 fully saturated rings. The summed E-state index contributed by atoms with van der Waals surface area (Å²) in [6, 6.07) is 0. The van der Waals surface area contributed by atoms with Crippen molar-refractivity contribution >= 4 is 23.2 Å². The van der Waals surface area contributed by atoms with Gasteiger partial charge in [0.25, 0.3) is 5.91 Å². The molecular weight excluding hydrogens is 290 g/mol. The number of thiazole rings is 1. The van der Waals surface area contributed by atoms with Crippen LogP contribution in [-0.2, 0) is 4.74 Å². The standard InChI is InChI=1S/C14H21N3O3S/c1-3-20-14(19)12-16-11(9-21-12)13(18)17-6-4-5-10(8-17)7-15-2/h9-10,15H,3-8H2,1-2H3. The highest BCUT2D eigenvalue weighted by Crippen LogP contribution is 2.19. The van der Waals surface area contributed by atoms with Gasteiger partial charge in [-0.3, -0.25) is 4.79 Å². The summed E-state index contributed by atoms with van der Waals surface area (Å²) in [6.45, 7) is 4.46. The number of piperidine rings is 1. The van der Waals surface area contributed by atoms with Crippen LogP contribution in [0.15, 0.2) is 5.38 Å². The zero-order valence-corrected chi connectivity index (χ0v) is 13.2. The number of nitrogens with zero attached hydrogens (tertiary/aromatic N) is 2. The van der Waals surface area contributed by atoms with Gasteiger partial charge in [-0.25, -0.2) is 9.78 Å². The van der Waals surface area contributed by atoms with Crippen LogP contribution < -0.4 is 5.32 Å². The lowest BCUT2D eigenvalue weighted by molar-refractivity contribution is 0.0525. The number of hydrogen-bond donors (Lipinski definition) is 1. The highest BCUT2D eigenvalue weighted by molar-refractivity contribution is 7.11. The third-order valence-electron chi connectivity index (χ3n) is 3.47. The Morgan fingerprint density at radius 2 is 2.38 bits per heavy atom. The molecule has 0 bridgehead atoms. The second-order valence-electron chi connectivity index (χ2n) is 5.08. The zero-order chi connectivity index (χ0) is 15.2. The van der Waals surface area contributed by atoms with Gasteiger partial charge in [0.2, 0.25) is 5.01 Å². The first-order valence-electron chi connectivity index (χ1n) is 7.22. The predicted octanol–water partition coefficient (Wildman–Crippen LogP) is 1.39. The maximum absolute atomic E-state index is 12.4. The van der Waals surface area contributed by atoms with Crippen LogP contribution in [0.2, 0.25) is 0 Å².